The van der Waals surface area contributed by atoms with Crippen molar-refractivity contribution >= 4 is 22.6 Å². The molecule has 4 nitrogen and oxygen atoms in total. The molecule has 0 unspecified atom stereocenters. The third-order valence-electron chi connectivity index (χ3n) is 3.13. The minimum atomic E-state index is 0.623. The number of nitrogens with one attached hydrogen (secondary N) is 1. The lowest BCUT2D eigenvalue weighted by Crippen LogP contribution is -1.91. The molecule has 0 amide bonds. The van der Waals surface area contributed by atoms with Crippen molar-refractivity contribution in [2.75, 3.05) is 14.2 Å². The standard InChI is InChI=1S/C15H13ClN2O2/c1-19-9-6-7-10(13(8-9)20-2)15-17-12-5-3-4-11(16)14(12)18-15/h3-8H,1-2H3,(H,17,18). The lowest BCUT2D eigenvalue weighted by Gasteiger charge is -2.08. The lowest BCUT2D eigenvalue weighted by molar-refractivity contribution is 0.395. The van der Waals surface area contributed by atoms with E-state index >= 15 is 0 Å². The van der Waals surface area contributed by atoms with Gasteiger partial charge in [-0.1, -0.05) is 17.7 Å². The fraction of sp³-hybridized carbons (Fsp3) is 0.133. The number of hydrogen-bond acceptors (Lipinski definition) is 3. The van der Waals surface area contributed by atoms with Crippen LogP contribution in [-0.4, -0.2) is 24.2 Å². The number of ether oxygens (including phenoxy) is 2. The van der Waals surface area contributed by atoms with E-state index in [0.29, 0.717) is 16.6 Å². The Morgan fingerprint density at radius 1 is 1.10 bits per heavy atom. The molecule has 0 fully saturated rings. The molecule has 2 aromatic carbocycles. The lowest BCUT2D eigenvalue weighted by atomic mass is 10.2. The van der Waals surface area contributed by atoms with E-state index in [-0.39, 0.29) is 0 Å². The number of halogens is 1. The van der Waals surface area contributed by atoms with Crippen LogP contribution < -0.4 is 9.47 Å². The number of methoxy groups -OCH3 is 2. The van der Waals surface area contributed by atoms with Gasteiger partial charge >= 0.3 is 0 Å². The number of para-hydroxylation sites is 1. The summed E-state index contributed by atoms with van der Waals surface area (Å²) in [7, 11) is 3.24. The van der Waals surface area contributed by atoms with E-state index in [9.17, 15) is 0 Å². The van der Waals surface area contributed by atoms with Gasteiger partial charge in [-0.15, -0.1) is 0 Å². The third-order valence-corrected chi connectivity index (χ3v) is 3.43. The molecule has 3 aromatic rings. The zero-order chi connectivity index (χ0) is 14.1. The normalized spacial score (nSPS) is 10.8. The summed E-state index contributed by atoms with van der Waals surface area (Å²) in [5, 5.41) is 0.623. The van der Waals surface area contributed by atoms with Crippen LogP contribution in [0.15, 0.2) is 36.4 Å². The largest absolute Gasteiger partial charge is 0.497 e. The summed E-state index contributed by atoms with van der Waals surface area (Å²) >= 11 is 6.15. The molecule has 1 N–H and O–H groups in total. The van der Waals surface area contributed by atoms with Crippen molar-refractivity contribution in [1.82, 2.24) is 9.97 Å². The van der Waals surface area contributed by atoms with E-state index < -0.39 is 0 Å². The number of hydrogen-bond donors (Lipinski definition) is 1. The number of rotatable bonds is 3. The Morgan fingerprint density at radius 3 is 2.65 bits per heavy atom. The molecule has 0 aliphatic heterocycles. The van der Waals surface area contributed by atoms with Gasteiger partial charge in [0, 0.05) is 6.07 Å². The predicted molar refractivity (Wildman–Crippen MR) is 79.6 cm³/mol. The molecule has 102 valence electrons. The van der Waals surface area contributed by atoms with Crippen molar-refractivity contribution in [2.24, 2.45) is 0 Å². The fourth-order valence-electron chi connectivity index (χ4n) is 2.12. The number of imidazole rings is 1. The molecule has 1 aromatic heterocycles. The number of fused-ring (bicyclic) bond motifs is 1. The first-order chi connectivity index (χ1) is 9.72. The summed E-state index contributed by atoms with van der Waals surface area (Å²) in [6, 6.07) is 11.2. The molecule has 0 aliphatic rings. The van der Waals surface area contributed by atoms with Crippen LogP contribution in [0.4, 0.5) is 0 Å². The van der Waals surface area contributed by atoms with Gasteiger partial charge in [0.15, 0.2) is 0 Å². The topological polar surface area (TPSA) is 47.1 Å². The Bertz CT molecular complexity index is 768. The first-order valence-electron chi connectivity index (χ1n) is 6.09. The van der Waals surface area contributed by atoms with Crippen LogP contribution in [0.2, 0.25) is 5.02 Å². The molecule has 0 radical (unpaired) electrons. The fourth-order valence-corrected chi connectivity index (χ4v) is 2.34. The number of benzene rings is 2. The van der Waals surface area contributed by atoms with Gasteiger partial charge in [0.2, 0.25) is 0 Å². The third kappa shape index (κ3) is 2.08. The van der Waals surface area contributed by atoms with Crippen LogP contribution in [0.3, 0.4) is 0 Å². The first kappa shape index (κ1) is 12.8. The van der Waals surface area contributed by atoms with E-state index in [0.717, 1.165) is 22.3 Å². The van der Waals surface area contributed by atoms with E-state index in [2.05, 4.69) is 9.97 Å². The Morgan fingerprint density at radius 2 is 1.95 bits per heavy atom. The van der Waals surface area contributed by atoms with Crippen molar-refractivity contribution in [3.63, 3.8) is 0 Å². The molecule has 20 heavy (non-hydrogen) atoms. The van der Waals surface area contributed by atoms with Crippen LogP contribution in [0, 0.1) is 0 Å². The quantitative estimate of drug-likeness (QED) is 0.795. The summed E-state index contributed by atoms with van der Waals surface area (Å²) in [6.07, 6.45) is 0. The van der Waals surface area contributed by atoms with E-state index in [1.807, 2.05) is 36.4 Å². The van der Waals surface area contributed by atoms with Crippen molar-refractivity contribution in [3.8, 4) is 22.9 Å². The molecule has 0 saturated heterocycles. The van der Waals surface area contributed by atoms with Gasteiger partial charge < -0.3 is 14.5 Å². The van der Waals surface area contributed by atoms with Gasteiger partial charge in [0.1, 0.15) is 22.8 Å². The maximum absolute atomic E-state index is 6.15. The molecule has 3 rings (SSSR count). The summed E-state index contributed by atoms with van der Waals surface area (Å²) in [5.41, 5.74) is 2.51. The predicted octanol–water partition coefficient (Wildman–Crippen LogP) is 3.90. The molecule has 0 spiro atoms. The zero-order valence-corrected chi connectivity index (χ0v) is 11.9. The molecular weight excluding hydrogens is 276 g/mol. The van der Waals surface area contributed by atoms with E-state index in [1.165, 1.54) is 0 Å². The number of aromatic amines is 1. The maximum atomic E-state index is 6.15. The first-order valence-corrected chi connectivity index (χ1v) is 6.47. The second kappa shape index (κ2) is 5.06. The maximum Gasteiger partial charge on any atom is 0.142 e. The number of nitrogens with zero attached hydrogens (tertiary/aromatic N) is 1. The highest BCUT2D eigenvalue weighted by Crippen LogP contribution is 2.33. The molecule has 0 atom stereocenters. The van der Waals surface area contributed by atoms with Gasteiger partial charge in [-0.05, 0) is 24.3 Å². The second-order valence-electron chi connectivity index (χ2n) is 4.29. The Labute approximate surface area is 121 Å². The smallest absolute Gasteiger partial charge is 0.142 e. The van der Waals surface area contributed by atoms with Crippen LogP contribution in [0.1, 0.15) is 0 Å². The van der Waals surface area contributed by atoms with Crippen LogP contribution in [0.25, 0.3) is 22.4 Å². The zero-order valence-electron chi connectivity index (χ0n) is 11.1. The summed E-state index contributed by atoms with van der Waals surface area (Å²) in [4.78, 5) is 7.79. The highest BCUT2D eigenvalue weighted by molar-refractivity contribution is 6.35. The van der Waals surface area contributed by atoms with E-state index in [4.69, 9.17) is 21.1 Å². The van der Waals surface area contributed by atoms with Crippen molar-refractivity contribution in [3.05, 3.63) is 41.4 Å². The summed E-state index contributed by atoms with van der Waals surface area (Å²) in [5.74, 6) is 2.15. The summed E-state index contributed by atoms with van der Waals surface area (Å²) in [6.45, 7) is 0. The highest BCUT2D eigenvalue weighted by atomic mass is 35.5. The Kier molecular flexibility index (Phi) is 3.24. The molecular formula is C15H13ClN2O2. The molecule has 5 heteroatoms. The van der Waals surface area contributed by atoms with Crippen molar-refractivity contribution in [2.45, 2.75) is 0 Å². The molecule has 0 aliphatic carbocycles. The Hall–Kier alpha value is -2.20. The minimum Gasteiger partial charge on any atom is -0.497 e. The number of aromatic nitrogens is 2. The van der Waals surface area contributed by atoms with E-state index in [1.54, 1.807) is 14.2 Å². The summed E-state index contributed by atoms with van der Waals surface area (Å²) < 4.78 is 10.6. The Balaban J connectivity index is 2.17. The molecule has 1 heterocycles. The molecule has 0 bridgehead atoms. The second-order valence-corrected chi connectivity index (χ2v) is 4.69. The van der Waals surface area contributed by atoms with Crippen molar-refractivity contribution in [1.29, 1.82) is 0 Å². The van der Waals surface area contributed by atoms with Gasteiger partial charge in [-0.3, -0.25) is 0 Å². The van der Waals surface area contributed by atoms with Gasteiger partial charge in [0.05, 0.1) is 30.3 Å². The van der Waals surface area contributed by atoms with Crippen LogP contribution in [0.5, 0.6) is 11.5 Å². The van der Waals surface area contributed by atoms with Crippen molar-refractivity contribution < 1.29 is 9.47 Å². The molecule has 0 saturated carbocycles. The average Bonchev–Trinajstić information content (AvgIpc) is 2.92. The van der Waals surface area contributed by atoms with Gasteiger partial charge in [0.25, 0.3) is 0 Å². The minimum absolute atomic E-state index is 0.623. The average molecular weight is 289 g/mol. The van der Waals surface area contributed by atoms with Crippen LogP contribution in [-0.2, 0) is 0 Å². The highest BCUT2D eigenvalue weighted by Gasteiger charge is 2.12. The SMILES string of the molecule is COc1ccc(-c2nc3c(Cl)cccc3[nH]2)c(OC)c1. The monoisotopic (exact) mass is 288 g/mol. The van der Waals surface area contributed by atoms with Crippen LogP contribution >= 0.6 is 11.6 Å². The number of H-pyrrole nitrogens is 1. The van der Waals surface area contributed by atoms with Gasteiger partial charge in [-0.2, -0.15) is 0 Å². The van der Waals surface area contributed by atoms with Gasteiger partial charge in [-0.25, -0.2) is 4.98 Å².